The molecule has 1 fully saturated rings. The number of piperidine rings is 1. The maximum absolute atomic E-state index is 12.8. The minimum atomic E-state index is -3.70. The summed E-state index contributed by atoms with van der Waals surface area (Å²) in [4.78, 5) is 6.75. The molecule has 0 spiro atoms. The lowest BCUT2D eigenvalue weighted by Gasteiger charge is -2.41. The Labute approximate surface area is 186 Å². The highest BCUT2D eigenvalue weighted by atomic mass is 32.2. The van der Waals surface area contributed by atoms with Gasteiger partial charge in [-0.25, -0.2) is 13.4 Å². The Balaban J connectivity index is 1.38. The van der Waals surface area contributed by atoms with E-state index in [0.29, 0.717) is 23.4 Å². The van der Waals surface area contributed by atoms with E-state index in [0.717, 1.165) is 31.5 Å². The number of aromatic nitrogens is 1. The molecule has 0 unspecified atom stereocenters. The van der Waals surface area contributed by atoms with Crippen molar-refractivity contribution < 1.29 is 13.2 Å². The van der Waals surface area contributed by atoms with Crippen LogP contribution in [0.5, 0.6) is 5.75 Å². The van der Waals surface area contributed by atoms with Crippen LogP contribution in [0, 0.1) is 0 Å². The first-order valence-electron chi connectivity index (χ1n) is 10.6. The van der Waals surface area contributed by atoms with Gasteiger partial charge in [0.15, 0.2) is 5.13 Å². The average molecular weight is 456 g/mol. The van der Waals surface area contributed by atoms with Crippen LogP contribution in [0.1, 0.15) is 42.3 Å². The summed E-state index contributed by atoms with van der Waals surface area (Å²) in [5.41, 5.74) is 2.47. The van der Waals surface area contributed by atoms with E-state index in [1.54, 1.807) is 23.7 Å². The maximum Gasteiger partial charge on any atom is 0.263 e. The van der Waals surface area contributed by atoms with Crippen LogP contribution in [-0.2, 0) is 10.0 Å². The summed E-state index contributed by atoms with van der Waals surface area (Å²) in [6.07, 6.45) is 4.86. The summed E-state index contributed by atoms with van der Waals surface area (Å²) in [7, 11) is -3.70. The van der Waals surface area contributed by atoms with E-state index in [9.17, 15) is 8.42 Å². The molecule has 6 nitrogen and oxygen atoms in total. The first-order chi connectivity index (χ1) is 15.1. The normalized spacial score (nSPS) is 21.8. The number of hydrogen-bond donors (Lipinski definition) is 1. The second-order valence-corrected chi connectivity index (χ2v) is 10.6. The summed E-state index contributed by atoms with van der Waals surface area (Å²) < 4.78 is 33.9. The van der Waals surface area contributed by atoms with Gasteiger partial charge in [0, 0.05) is 42.2 Å². The van der Waals surface area contributed by atoms with Crippen molar-refractivity contribution in [2.45, 2.75) is 36.1 Å². The predicted molar refractivity (Wildman–Crippen MR) is 122 cm³/mol. The van der Waals surface area contributed by atoms with E-state index in [1.807, 2.05) is 6.07 Å². The van der Waals surface area contributed by atoms with Gasteiger partial charge in [0.1, 0.15) is 5.75 Å². The molecule has 0 saturated carbocycles. The van der Waals surface area contributed by atoms with Gasteiger partial charge in [-0.05, 0) is 36.9 Å². The van der Waals surface area contributed by atoms with Crippen LogP contribution in [0.4, 0.5) is 5.13 Å². The summed E-state index contributed by atoms with van der Waals surface area (Å²) >= 11 is 1.25. The Bertz CT molecular complexity index is 1130. The van der Waals surface area contributed by atoms with Crippen molar-refractivity contribution in [2.24, 2.45) is 0 Å². The molecule has 31 heavy (non-hydrogen) atoms. The van der Waals surface area contributed by atoms with E-state index in [-0.39, 0.29) is 10.9 Å². The second kappa shape index (κ2) is 8.61. The number of ether oxygens (including phenoxy) is 1. The van der Waals surface area contributed by atoms with Crippen LogP contribution in [0.15, 0.2) is 65.0 Å². The summed E-state index contributed by atoms with van der Waals surface area (Å²) in [5, 5.41) is 2.09. The molecule has 0 aliphatic carbocycles. The molecule has 5 rings (SSSR count). The zero-order chi connectivity index (χ0) is 21.3. The van der Waals surface area contributed by atoms with Gasteiger partial charge in [0.05, 0.1) is 11.5 Å². The van der Waals surface area contributed by atoms with Gasteiger partial charge in [-0.15, -0.1) is 11.3 Å². The Hall–Kier alpha value is -2.42. The third-order valence-electron chi connectivity index (χ3n) is 6.12. The number of thiazole rings is 1. The highest BCUT2D eigenvalue weighted by Crippen LogP contribution is 2.40. The lowest BCUT2D eigenvalue weighted by atomic mass is 9.88. The molecule has 2 aliphatic heterocycles. The second-order valence-electron chi connectivity index (χ2n) is 8.04. The summed E-state index contributed by atoms with van der Waals surface area (Å²) in [6, 6.07) is 16.2. The first kappa shape index (κ1) is 20.5. The highest BCUT2D eigenvalue weighted by molar-refractivity contribution is 7.93. The molecule has 2 aliphatic rings. The van der Waals surface area contributed by atoms with E-state index < -0.39 is 10.0 Å². The minimum absolute atomic E-state index is 0.197. The van der Waals surface area contributed by atoms with Gasteiger partial charge in [-0.1, -0.05) is 36.4 Å². The Morgan fingerprint density at radius 1 is 1.13 bits per heavy atom. The lowest BCUT2D eigenvalue weighted by Crippen LogP contribution is -2.39. The third-order valence-corrected chi connectivity index (χ3v) is 8.28. The number of hydrogen-bond acceptors (Lipinski definition) is 6. The molecule has 8 heteroatoms. The Kier molecular flexibility index (Phi) is 5.69. The zero-order valence-corrected chi connectivity index (χ0v) is 18.7. The maximum atomic E-state index is 12.8. The largest absolute Gasteiger partial charge is 0.493 e. The molecular weight excluding hydrogens is 430 g/mol. The van der Waals surface area contributed by atoms with Gasteiger partial charge in [0.2, 0.25) is 0 Å². The van der Waals surface area contributed by atoms with Crippen molar-refractivity contribution in [3.05, 3.63) is 71.2 Å². The van der Waals surface area contributed by atoms with Crippen molar-refractivity contribution in [3.63, 3.8) is 0 Å². The Morgan fingerprint density at radius 2 is 2.00 bits per heavy atom. The quantitative estimate of drug-likeness (QED) is 0.607. The van der Waals surface area contributed by atoms with Crippen molar-refractivity contribution in [2.75, 3.05) is 24.4 Å². The van der Waals surface area contributed by atoms with Gasteiger partial charge in [-0.3, -0.25) is 9.62 Å². The van der Waals surface area contributed by atoms with Crippen LogP contribution >= 0.6 is 11.3 Å². The first-order valence-corrected chi connectivity index (χ1v) is 12.9. The molecule has 3 aromatic rings. The number of fused-ring (bicyclic) bond motifs is 1. The molecule has 2 atom stereocenters. The lowest BCUT2D eigenvalue weighted by molar-refractivity contribution is 0.109. The molecule has 1 N–H and O–H groups in total. The predicted octanol–water partition coefficient (Wildman–Crippen LogP) is 4.65. The van der Waals surface area contributed by atoms with Crippen LogP contribution in [0.25, 0.3) is 0 Å². The van der Waals surface area contributed by atoms with Gasteiger partial charge >= 0.3 is 0 Å². The van der Waals surface area contributed by atoms with Gasteiger partial charge in [0.25, 0.3) is 10.0 Å². The SMILES string of the molecule is O=S(=O)(Nc1nccs1)c1ccc2c(c1)OCC[C@H]2N1CCC[C@@H](c2ccccc2)C1. The number of anilines is 1. The molecule has 162 valence electrons. The fourth-order valence-corrected chi connectivity index (χ4v) is 6.44. The number of rotatable bonds is 5. The minimum Gasteiger partial charge on any atom is -0.493 e. The third kappa shape index (κ3) is 4.33. The summed E-state index contributed by atoms with van der Waals surface area (Å²) in [5.74, 6) is 1.20. The number of sulfonamides is 1. The van der Waals surface area contributed by atoms with Crippen molar-refractivity contribution in [1.82, 2.24) is 9.88 Å². The molecule has 2 aromatic carbocycles. The van der Waals surface area contributed by atoms with Crippen molar-refractivity contribution in [3.8, 4) is 5.75 Å². The van der Waals surface area contributed by atoms with Crippen molar-refractivity contribution in [1.29, 1.82) is 0 Å². The van der Waals surface area contributed by atoms with E-state index in [2.05, 4.69) is 44.9 Å². The zero-order valence-electron chi connectivity index (χ0n) is 17.1. The average Bonchev–Trinajstić information content (AvgIpc) is 3.31. The topological polar surface area (TPSA) is 71.5 Å². The van der Waals surface area contributed by atoms with Crippen molar-refractivity contribution >= 4 is 26.5 Å². The van der Waals surface area contributed by atoms with Crippen LogP contribution in [-0.4, -0.2) is 38.0 Å². The van der Waals surface area contributed by atoms with E-state index >= 15 is 0 Å². The highest BCUT2D eigenvalue weighted by Gasteiger charge is 2.32. The Morgan fingerprint density at radius 3 is 2.81 bits per heavy atom. The number of benzene rings is 2. The fraction of sp³-hybridized carbons (Fsp3) is 0.348. The summed E-state index contributed by atoms with van der Waals surface area (Å²) in [6.45, 7) is 2.66. The molecule has 0 radical (unpaired) electrons. The molecule has 3 heterocycles. The van der Waals surface area contributed by atoms with E-state index in [1.165, 1.54) is 23.3 Å². The van der Waals surface area contributed by atoms with Crippen LogP contribution < -0.4 is 9.46 Å². The van der Waals surface area contributed by atoms with E-state index in [4.69, 9.17) is 4.74 Å². The van der Waals surface area contributed by atoms with Crippen LogP contribution in [0.2, 0.25) is 0 Å². The molecule has 1 saturated heterocycles. The van der Waals surface area contributed by atoms with Gasteiger partial charge < -0.3 is 4.74 Å². The number of nitrogens with zero attached hydrogens (tertiary/aromatic N) is 2. The monoisotopic (exact) mass is 455 g/mol. The smallest absolute Gasteiger partial charge is 0.263 e. The number of likely N-dealkylation sites (tertiary alicyclic amines) is 1. The van der Waals surface area contributed by atoms with Gasteiger partial charge in [-0.2, -0.15) is 0 Å². The number of nitrogens with one attached hydrogen (secondary N) is 1. The standard InChI is InChI=1S/C23H25N3O3S2/c27-31(28,25-23-24-11-14-30-23)19-8-9-20-21(10-13-29-22(20)15-19)26-12-4-7-18(16-26)17-5-2-1-3-6-17/h1-3,5-6,8-9,11,14-15,18,21H,4,7,10,12-13,16H2,(H,24,25)/t18-,21-/m1/s1. The molecule has 1 aromatic heterocycles. The fourth-order valence-electron chi connectivity index (χ4n) is 4.63. The van der Waals surface area contributed by atoms with Crippen LogP contribution in [0.3, 0.4) is 0 Å². The molecule has 0 amide bonds. The molecule has 0 bridgehead atoms. The molecular formula is C23H25N3O3S2.